The molecule has 0 aliphatic carbocycles. The zero-order chi connectivity index (χ0) is 15.0. The summed E-state index contributed by atoms with van der Waals surface area (Å²) in [7, 11) is 0. The Morgan fingerprint density at radius 3 is 2.76 bits per heavy atom. The molecule has 0 fully saturated rings. The molecule has 0 saturated heterocycles. The summed E-state index contributed by atoms with van der Waals surface area (Å²) >= 11 is 1.60. The van der Waals surface area contributed by atoms with Gasteiger partial charge in [-0.25, -0.2) is 9.97 Å². The van der Waals surface area contributed by atoms with E-state index >= 15 is 0 Å². The summed E-state index contributed by atoms with van der Waals surface area (Å²) in [6.45, 7) is 7.55. The van der Waals surface area contributed by atoms with Crippen LogP contribution in [-0.2, 0) is 19.5 Å². The van der Waals surface area contributed by atoms with Crippen molar-refractivity contribution in [2.75, 3.05) is 0 Å². The molecule has 0 N–H and O–H groups in total. The van der Waals surface area contributed by atoms with Gasteiger partial charge in [-0.1, -0.05) is 6.92 Å². The Kier molecular flexibility index (Phi) is 3.63. The van der Waals surface area contributed by atoms with Gasteiger partial charge in [0, 0.05) is 17.6 Å². The van der Waals surface area contributed by atoms with Gasteiger partial charge in [0.25, 0.3) is 5.56 Å². The molecule has 3 aromatic heterocycles. The second-order valence-electron chi connectivity index (χ2n) is 5.02. The van der Waals surface area contributed by atoms with Gasteiger partial charge in [0.05, 0.1) is 30.3 Å². The summed E-state index contributed by atoms with van der Waals surface area (Å²) in [6.07, 6.45) is 6.10. The SMILES string of the molecule is CCc1c(C)sc2ncn(Cc3cncn3CC)c(=O)c12. The van der Waals surface area contributed by atoms with Crippen LogP contribution in [0.1, 0.15) is 30.0 Å². The van der Waals surface area contributed by atoms with Crippen molar-refractivity contribution in [3.05, 3.63) is 45.3 Å². The number of imidazole rings is 1. The maximum atomic E-state index is 12.7. The number of fused-ring (bicyclic) bond motifs is 1. The molecule has 0 radical (unpaired) electrons. The number of nitrogens with zero attached hydrogens (tertiary/aromatic N) is 4. The first kappa shape index (κ1) is 14.0. The third-order valence-electron chi connectivity index (χ3n) is 3.80. The van der Waals surface area contributed by atoms with Gasteiger partial charge in [-0.2, -0.15) is 0 Å². The van der Waals surface area contributed by atoms with Crippen molar-refractivity contribution in [1.82, 2.24) is 19.1 Å². The lowest BCUT2D eigenvalue weighted by Gasteiger charge is -2.08. The largest absolute Gasteiger partial charge is 0.333 e. The van der Waals surface area contributed by atoms with Crippen LogP contribution in [0.4, 0.5) is 0 Å². The van der Waals surface area contributed by atoms with Crippen LogP contribution in [0.15, 0.2) is 23.6 Å². The molecule has 3 rings (SSSR count). The average Bonchev–Trinajstić information content (AvgIpc) is 3.05. The van der Waals surface area contributed by atoms with Crippen molar-refractivity contribution in [2.24, 2.45) is 0 Å². The van der Waals surface area contributed by atoms with E-state index in [4.69, 9.17) is 0 Å². The minimum atomic E-state index is 0.0463. The molecule has 0 aliphatic rings. The molecule has 21 heavy (non-hydrogen) atoms. The quantitative estimate of drug-likeness (QED) is 0.744. The van der Waals surface area contributed by atoms with E-state index in [9.17, 15) is 4.79 Å². The molecule has 0 aromatic carbocycles. The highest BCUT2D eigenvalue weighted by Gasteiger charge is 2.14. The van der Waals surface area contributed by atoms with Gasteiger partial charge in [-0.05, 0) is 25.8 Å². The van der Waals surface area contributed by atoms with Crippen molar-refractivity contribution in [2.45, 2.75) is 40.3 Å². The summed E-state index contributed by atoms with van der Waals surface area (Å²) in [5.41, 5.74) is 2.20. The van der Waals surface area contributed by atoms with Crippen LogP contribution in [0.5, 0.6) is 0 Å². The van der Waals surface area contributed by atoms with Crippen molar-refractivity contribution in [3.8, 4) is 0 Å². The summed E-state index contributed by atoms with van der Waals surface area (Å²) in [5, 5.41) is 0.782. The maximum Gasteiger partial charge on any atom is 0.262 e. The standard InChI is InChI=1S/C15H18N4OS/c1-4-12-10(3)21-14-13(12)15(20)19(9-17-14)7-11-6-16-8-18(11)5-2/h6,8-9H,4-5,7H2,1-3H3. The topological polar surface area (TPSA) is 52.7 Å². The van der Waals surface area contributed by atoms with Crippen LogP contribution in [0.3, 0.4) is 0 Å². The van der Waals surface area contributed by atoms with Gasteiger partial charge in [0.1, 0.15) is 4.83 Å². The second-order valence-corrected chi connectivity index (χ2v) is 6.22. The van der Waals surface area contributed by atoms with Crippen LogP contribution in [0.2, 0.25) is 0 Å². The van der Waals surface area contributed by atoms with Gasteiger partial charge in [0.15, 0.2) is 0 Å². The van der Waals surface area contributed by atoms with E-state index in [-0.39, 0.29) is 5.56 Å². The third-order valence-corrected chi connectivity index (χ3v) is 4.86. The predicted octanol–water partition coefficient (Wildman–Crippen LogP) is 2.59. The van der Waals surface area contributed by atoms with Crippen molar-refractivity contribution in [3.63, 3.8) is 0 Å². The third kappa shape index (κ3) is 2.29. The molecule has 0 saturated carbocycles. The van der Waals surface area contributed by atoms with Crippen LogP contribution in [0.25, 0.3) is 10.2 Å². The highest BCUT2D eigenvalue weighted by Crippen LogP contribution is 2.26. The van der Waals surface area contributed by atoms with E-state index in [1.165, 1.54) is 4.88 Å². The van der Waals surface area contributed by atoms with Crippen molar-refractivity contribution >= 4 is 21.6 Å². The minimum Gasteiger partial charge on any atom is -0.333 e. The molecular weight excluding hydrogens is 284 g/mol. The Morgan fingerprint density at radius 2 is 2.05 bits per heavy atom. The summed E-state index contributed by atoms with van der Waals surface area (Å²) in [6, 6.07) is 0. The summed E-state index contributed by atoms with van der Waals surface area (Å²) in [4.78, 5) is 23.4. The number of hydrogen-bond acceptors (Lipinski definition) is 4. The van der Waals surface area contributed by atoms with E-state index < -0.39 is 0 Å². The molecule has 6 heteroatoms. The lowest BCUT2D eigenvalue weighted by molar-refractivity contribution is 0.653. The molecule has 110 valence electrons. The predicted molar refractivity (Wildman–Crippen MR) is 85.0 cm³/mol. The fraction of sp³-hybridized carbons (Fsp3) is 0.400. The zero-order valence-corrected chi connectivity index (χ0v) is 13.3. The molecule has 3 heterocycles. The summed E-state index contributed by atoms with van der Waals surface area (Å²) < 4.78 is 3.72. The average molecular weight is 302 g/mol. The lowest BCUT2D eigenvalue weighted by atomic mass is 10.1. The molecule has 0 unspecified atom stereocenters. The van der Waals surface area contributed by atoms with Gasteiger partial charge in [-0.3, -0.25) is 9.36 Å². The Bertz CT molecular complexity index is 843. The fourth-order valence-electron chi connectivity index (χ4n) is 2.67. The van der Waals surface area contributed by atoms with Gasteiger partial charge >= 0.3 is 0 Å². The minimum absolute atomic E-state index is 0.0463. The highest BCUT2D eigenvalue weighted by atomic mass is 32.1. The first-order valence-corrected chi connectivity index (χ1v) is 7.93. The molecular formula is C15H18N4OS. The Hall–Kier alpha value is -1.95. The monoisotopic (exact) mass is 302 g/mol. The molecule has 0 bridgehead atoms. The Balaban J connectivity index is 2.12. The number of aryl methyl sites for hydroxylation is 3. The normalized spacial score (nSPS) is 11.4. The van der Waals surface area contributed by atoms with Crippen LogP contribution in [0, 0.1) is 6.92 Å². The molecule has 0 spiro atoms. The lowest BCUT2D eigenvalue weighted by Crippen LogP contribution is -2.22. The number of hydrogen-bond donors (Lipinski definition) is 0. The van der Waals surface area contributed by atoms with Crippen LogP contribution >= 0.6 is 11.3 Å². The highest BCUT2D eigenvalue weighted by molar-refractivity contribution is 7.18. The molecule has 3 aromatic rings. The molecule has 0 amide bonds. The van der Waals surface area contributed by atoms with Crippen LogP contribution < -0.4 is 5.56 Å². The summed E-state index contributed by atoms with van der Waals surface area (Å²) in [5.74, 6) is 0. The first-order chi connectivity index (χ1) is 10.2. The van der Waals surface area contributed by atoms with Gasteiger partial charge < -0.3 is 4.57 Å². The smallest absolute Gasteiger partial charge is 0.262 e. The van der Waals surface area contributed by atoms with Gasteiger partial charge in [0.2, 0.25) is 0 Å². The number of aromatic nitrogens is 4. The Morgan fingerprint density at radius 1 is 1.24 bits per heavy atom. The Labute approximate surface area is 126 Å². The maximum absolute atomic E-state index is 12.7. The fourth-order valence-corrected chi connectivity index (χ4v) is 3.74. The van der Waals surface area contributed by atoms with Gasteiger partial charge in [-0.15, -0.1) is 11.3 Å². The number of rotatable bonds is 4. The van der Waals surface area contributed by atoms with E-state index in [2.05, 4.69) is 30.7 Å². The zero-order valence-electron chi connectivity index (χ0n) is 12.5. The molecule has 0 atom stereocenters. The van der Waals surface area contributed by atoms with Crippen molar-refractivity contribution < 1.29 is 0 Å². The number of thiophene rings is 1. The van der Waals surface area contributed by atoms with E-state index in [0.717, 1.165) is 34.4 Å². The van der Waals surface area contributed by atoms with E-state index in [1.54, 1.807) is 34.8 Å². The van der Waals surface area contributed by atoms with Crippen molar-refractivity contribution in [1.29, 1.82) is 0 Å². The van der Waals surface area contributed by atoms with Crippen LogP contribution in [-0.4, -0.2) is 19.1 Å². The molecule has 5 nitrogen and oxygen atoms in total. The van der Waals surface area contributed by atoms with E-state index in [0.29, 0.717) is 6.54 Å². The second kappa shape index (κ2) is 5.44. The first-order valence-electron chi connectivity index (χ1n) is 7.12. The van der Waals surface area contributed by atoms with E-state index in [1.807, 2.05) is 4.57 Å². The molecule has 0 aliphatic heterocycles.